The number of rotatable bonds is 7. The summed E-state index contributed by atoms with van der Waals surface area (Å²) in [6.45, 7) is 6.43. The Morgan fingerprint density at radius 3 is 2.13 bits per heavy atom. The van der Waals surface area contributed by atoms with E-state index in [1.165, 1.54) is 26.2 Å². The highest BCUT2D eigenvalue weighted by Crippen LogP contribution is 2.23. The van der Waals surface area contributed by atoms with Crippen LogP contribution in [0.1, 0.15) is 43.1 Å². The molecule has 0 saturated carbocycles. The Hall–Kier alpha value is -2.71. The third-order valence-electron chi connectivity index (χ3n) is 4.57. The molecule has 2 N–H and O–H groups in total. The number of para-hydroxylation sites is 1. The van der Waals surface area contributed by atoms with Crippen molar-refractivity contribution in [1.29, 1.82) is 0 Å². The van der Waals surface area contributed by atoms with Gasteiger partial charge in [-0.05, 0) is 35.2 Å². The van der Waals surface area contributed by atoms with Crippen molar-refractivity contribution in [3.8, 4) is 0 Å². The van der Waals surface area contributed by atoms with Crippen molar-refractivity contribution in [2.24, 2.45) is 0 Å². The number of hydrogen-bond donors (Lipinski definition) is 2. The molecule has 0 saturated heterocycles. The number of carbonyl (C=O) groups is 2. The van der Waals surface area contributed by atoms with E-state index in [1.54, 1.807) is 24.3 Å². The van der Waals surface area contributed by atoms with Gasteiger partial charge in [0.25, 0.3) is 5.91 Å². The first kappa shape index (κ1) is 23.6. The molecule has 30 heavy (non-hydrogen) atoms. The molecule has 0 aliphatic rings. The van der Waals surface area contributed by atoms with Crippen LogP contribution in [0.4, 0.5) is 5.69 Å². The van der Waals surface area contributed by atoms with Crippen molar-refractivity contribution in [2.45, 2.75) is 37.5 Å². The Morgan fingerprint density at radius 2 is 1.57 bits per heavy atom. The first-order valence-corrected chi connectivity index (χ1v) is 11.1. The molecule has 162 valence electrons. The van der Waals surface area contributed by atoms with Crippen LogP contribution in [0.15, 0.2) is 53.4 Å². The van der Waals surface area contributed by atoms with Crippen LogP contribution in [0.3, 0.4) is 0 Å². The Kier molecular flexibility index (Phi) is 7.39. The molecule has 2 aromatic carbocycles. The van der Waals surface area contributed by atoms with Gasteiger partial charge in [0, 0.05) is 32.6 Å². The standard InChI is InChI=1S/C22H29N3O4S/c1-22(2,3)17-12-10-16(11-13-17)21(27)23-15-14-20(26)24-18-8-6-7-9-19(18)30(28,29)25(4)5/h6-13H,14-15H2,1-5H3,(H,23,27)(H,24,26). The van der Waals surface area contributed by atoms with Gasteiger partial charge in [0.05, 0.1) is 5.69 Å². The highest BCUT2D eigenvalue weighted by molar-refractivity contribution is 7.89. The third kappa shape index (κ3) is 5.90. The van der Waals surface area contributed by atoms with E-state index in [0.717, 1.165) is 9.87 Å². The highest BCUT2D eigenvalue weighted by Gasteiger charge is 2.21. The summed E-state index contributed by atoms with van der Waals surface area (Å²) in [6.07, 6.45) is 0.0160. The first-order valence-electron chi connectivity index (χ1n) is 9.63. The molecule has 0 atom stereocenters. The fourth-order valence-corrected chi connectivity index (χ4v) is 3.76. The summed E-state index contributed by atoms with van der Waals surface area (Å²) in [6, 6.07) is 13.6. The fourth-order valence-electron chi connectivity index (χ4n) is 2.72. The maximum atomic E-state index is 12.4. The lowest BCUT2D eigenvalue weighted by molar-refractivity contribution is -0.116. The van der Waals surface area contributed by atoms with Gasteiger partial charge in [0.1, 0.15) is 4.90 Å². The highest BCUT2D eigenvalue weighted by atomic mass is 32.2. The molecule has 0 fully saturated rings. The van der Waals surface area contributed by atoms with Crippen LogP contribution in [0.25, 0.3) is 0 Å². The zero-order valence-corrected chi connectivity index (χ0v) is 18.8. The van der Waals surface area contributed by atoms with Gasteiger partial charge in [-0.25, -0.2) is 12.7 Å². The first-order chi connectivity index (χ1) is 13.9. The van der Waals surface area contributed by atoms with E-state index in [0.29, 0.717) is 5.56 Å². The molecule has 0 radical (unpaired) electrons. The van der Waals surface area contributed by atoms with Gasteiger partial charge >= 0.3 is 0 Å². The largest absolute Gasteiger partial charge is 0.352 e. The molecule has 0 heterocycles. The number of benzene rings is 2. The molecule has 0 unspecified atom stereocenters. The van der Waals surface area contributed by atoms with Gasteiger partial charge in [0.15, 0.2) is 0 Å². The van der Waals surface area contributed by atoms with E-state index < -0.39 is 10.0 Å². The van der Waals surface area contributed by atoms with E-state index in [-0.39, 0.29) is 40.8 Å². The smallest absolute Gasteiger partial charge is 0.251 e. The Labute approximate surface area is 178 Å². The summed E-state index contributed by atoms with van der Waals surface area (Å²) in [5, 5.41) is 5.32. The van der Waals surface area contributed by atoms with E-state index in [9.17, 15) is 18.0 Å². The summed E-state index contributed by atoms with van der Waals surface area (Å²) in [5.74, 6) is -0.654. The molecule has 2 rings (SSSR count). The normalized spacial score (nSPS) is 11.9. The van der Waals surface area contributed by atoms with E-state index >= 15 is 0 Å². The molecule has 0 aliphatic heterocycles. The number of nitrogens with zero attached hydrogens (tertiary/aromatic N) is 1. The number of amides is 2. The summed E-state index contributed by atoms with van der Waals surface area (Å²) in [7, 11) is -0.832. The molecule has 8 heteroatoms. The van der Waals surface area contributed by atoms with Crippen LogP contribution in [0.2, 0.25) is 0 Å². The molecule has 0 aromatic heterocycles. The number of carbonyl (C=O) groups excluding carboxylic acids is 2. The van der Waals surface area contributed by atoms with Crippen molar-refractivity contribution in [2.75, 3.05) is 26.0 Å². The van der Waals surface area contributed by atoms with Crippen molar-refractivity contribution < 1.29 is 18.0 Å². The summed E-state index contributed by atoms with van der Waals surface area (Å²) < 4.78 is 25.9. The van der Waals surface area contributed by atoms with Crippen molar-refractivity contribution in [1.82, 2.24) is 9.62 Å². The quantitative estimate of drug-likeness (QED) is 0.704. The molecule has 7 nitrogen and oxygen atoms in total. The predicted molar refractivity (Wildman–Crippen MR) is 118 cm³/mol. The lowest BCUT2D eigenvalue weighted by atomic mass is 9.87. The summed E-state index contributed by atoms with van der Waals surface area (Å²) in [5.41, 5.74) is 1.86. The number of hydrogen-bond acceptors (Lipinski definition) is 4. The van der Waals surface area contributed by atoms with Gasteiger partial charge in [-0.2, -0.15) is 0 Å². The number of sulfonamides is 1. The second-order valence-electron chi connectivity index (χ2n) is 8.17. The Bertz CT molecular complexity index is 1010. The fraction of sp³-hybridized carbons (Fsp3) is 0.364. The zero-order valence-electron chi connectivity index (χ0n) is 18.0. The van der Waals surface area contributed by atoms with E-state index in [2.05, 4.69) is 31.4 Å². The van der Waals surface area contributed by atoms with Crippen molar-refractivity contribution >= 4 is 27.5 Å². The van der Waals surface area contributed by atoms with Crippen LogP contribution in [-0.4, -0.2) is 45.2 Å². The van der Waals surface area contributed by atoms with Crippen LogP contribution in [0.5, 0.6) is 0 Å². The minimum absolute atomic E-state index is 0.00342. The molecule has 2 aromatic rings. The van der Waals surface area contributed by atoms with Gasteiger partial charge in [-0.15, -0.1) is 0 Å². The molecular weight excluding hydrogens is 402 g/mol. The van der Waals surface area contributed by atoms with Gasteiger partial charge in [0.2, 0.25) is 15.9 Å². The van der Waals surface area contributed by atoms with Crippen molar-refractivity contribution in [3.63, 3.8) is 0 Å². The maximum absolute atomic E-state index is 12.4. The molecule has 0 spiro atoms. The van der Waals surface area contributed by atoms with Crippen LogP contribution in [-0.2, 0) is 20.2 Å². The van der Waals surface area contributed by atoms with Crippen LogP contribution >= 0.6 is 0 Å². The molecular formula is C22H29N3O4S. The van der Waals surface area contributed by atoms with Gasteiger partial charge < -0.3 is 10.6 Å². The predicted octanol–water partition coefficient (Wildman–Crippen LogP) is 2.99. The lowest BCUT2D eigenvalue weighted by Gasteiger charge is -2.19. The van der Waals surface area contributed by atoms with E-state index in [1.807, 2.05) is 12.1 Å². The molecule has 2 amide bonds. The average Bonchev–Trinajstić information content (AvgIpc) is 2.67. The Balaban J connectivity index is 1.94. The minimum atomic E-state index is -3.69. The van der Waals surface area contributed by atoms with Gasteiger partial charge in [-0.1, -0.05) is 45.0 Å². The molecule has 0 aliphatic carbocycles. The summed E-state index contributed by atoms with van der Waals surface area (Å²) >= 11 is 0. The Morgan fingerprint density at radius 1 is 0.967 bits per heavy atom. The SMILES string of the molecule is CN(C)S(=O)(=O)c1ccccc1NC(=O)CCNC(=O)c1ccc(C(C)(C)C)cc1. The summed E-state index contributed by atoms with van der Waals surface area (Å²) in [4.78, 5) is 24.6. The topological polar surface area (TPSA) is 95.6 Å². The minimum Gasteiger partial charge on any atom is -0.352 e. The second kappa shape index (κ2) is 9.40. The molecule has 0 bridgehead atoms. The third-order valence-corrected chi connectivity index (χ3v) is 6.44. The number of nitrogens with one attached hydrogen (secondary N) is 2. The second-order valence-corrected chi connectivity index (χ2v) is 10.3. The number of anilines is 1. The maximum Gasteiger partial charge on any atom is 0.251 e. The van der Waals surface area contributed by atoms with Crippen LogP contribution in [0, 0.1) is 0 Å². The average molecular weight is 432 g/mol. The van der Waals surface area contributed by atoms with Crippen molar-refractivity contribution in [3.05, 3.63) is 59.7 Å². The van der Waals surface area contributed by atoms with E-state index in [4.69, 9.17) is 0 Å². The lowest BCUT2D eigenvalue weighted by Crippen LogP contribution is -2.28. The van der Waals surface area contributed by atoms with Gasteiger partial charge in [-0.3, -0.25) is 9.59 Å². The monoisotopic (exact) mass is 431 g/mol. The van der Waals surface area contributed by atoms with Crippen LogP contribution < -0.4 is 10.6 Å². The zero-order chi connectivity index (χ0) is 22.5.